The number of nitrogens with one attached hydrogen (secondary N) is 2. The van der Waals surface area contributed by atoms with Crippen LogP contribution in [-0.2, 0) is 12.8 Å². The van der Waals surface area contributed by atoms with Gasteiger partial charge >= 0.3 is 0 Å². The van der Waals surface area contributed by atoms with Crippen molar-refractivity contribution in [1.82, 2.24) is 15.0 Å². The summed E-state index contributed by atoms with van der Waals surface area (Å²) in [5.74, 6) is 2.92. The first-order chi connectivity index (χ1) is 15.5. The van der Waals surface area contributed by atoms with Crippen molar-refractivity contribution in [2.24, 2.45) is 5.92 Å². The van der Waals surface area contributed by atoms with Crippen molar-refractivity contribution >= 4 is 55.9 Å². The molecule has 0 saturated heterocycles. The zero-order valence-electron chi connectivity index (χ0n) is 19.0. The van der Waals surface area contributed by atoms with Gasteiger partial charge in [-0.15, -0.1) is 11.8 Å². The van der Waals surface area contributed by atoms with E-state index in [1.807, 2.05) is 17.8 Å². The summed E-state index contributed by atoms with van der Waals surface area (Å²) in [5, 5.41) is 7.62. The summed E-state index contributed by atoms with van der Waals surface area (Å²) in [6.45, 7) is 8.73. The fourth-order valence-electron chi connectivity index (χ4n) is 3.42. The topological polar surface area (TPSA) is 62.7 Å². The number of nitrogens with zero attached hydrogens (tertiary/aromatic N) is 3. The number of fused-ring (bicyclic) bond motifs is 1. The molecule has 4 aromatic rings. The van der Waals surface area contributed by atoms with E-state index in [2.05, 4.69) is 80.8 Å². The van der Waals surface area contributed by atoms with Crippen LogP contribution in [0, 0.1) is 5.92 Å². The van der Waals surface area contributed by atoms with Crippen LogP contribution >= 0.6 is 23.1 Å². The molecule has 0 fully saturated rings. The summed E-state index contributed by atoms with van der Waals surface area (Å²) in [6, 6.07) is 16.9. The van der Waals surface area contributed by atoms with Crippen molar-refractivity contribution in [3.63, 3.8) is 0 Å². The minimum absolute atomic E-state index is 0.505. The van der Waals surface area contributed by atoms with E-state index in [0.29, 0.717) is 11.9 Å². The fraction of sp³-hybridized carbons (Fsp3) is 0.320. The highest BCUT2D eigenvalue weighted by molar-refractivity contribution is 7.99. The van der Waals surface area contributed by atoms with Gasteiger partial charge in [-0.3, -0.25) is 0 Å². The third-order valence-electron chi connectivity index (χ3n) is 4.91. The molecule has 0 aliphatic carbocycles. The predicted molar refractivity (Wildman–Crippen MR) is 139 cm³/mol. The average Bonchev–Trinajstić information content (AvgIpc) is 3.16. The van der Waals surface area contributed by atoms with Crippen LogP contribution in [0.3, 0.4) is 0 Å². The number of thioether (sulfide) groups is 1. The zero-order valence-corrected chi connectivity index (χ0v) is 20.6. The van der Waals surface area contributed by atoms with E-state index in [0.717, 1.165) is 46.4 Å². The van der Waals surface area contributed by atoms with Crippen LogP contribution in [0.15, 0.2) is 53.4 Å². The molecule has 0 atom stereocenters. The molecular formula is C25H29N5S2. The molecule has 0 aliphatic heterocycles. The normalized spacial score (nSPS) is 11.3. The van der Waals surface area contributed by atoms with E-state index >= 15 is 0 Å². The lowest BCUT2D eigenvalue weighted by Gasteiger charge is -2.12. The van der Waals surface area contributed by atoms with Gasteiger partial charge < -0.3 is 10.6 Å². The average molecular weight is 464 g/mol. The number of anilines is 4. The second-order valence-electron chi connectivity index (χ2n) is 8.05. The molecule has 0 radical (unpaired) electrons. The Bertz CT molecular complexity index is 1180. The van der Waals surface area contributed by atoms with Crippen molar-refractivity contribution < 1.29 is 0 Å². The minimum Gasteiger partial charge on any atom is -0.324 e. The van der Waals surface area contributed by atoms with E-state index in [4.69, 9.17) is 15.0 Å². The van der Waals surface area contributed by atoms with Gasteiger partial charge in [0.05, 0.1) is 10.2 Å². The van der Waals surface area contributed by atoms with E-state index in [-0.39, 0.29) is 0 Å². The third-order valence-corrected chi connectivity index (χ3v) is 6.74. The first-order valence-electron chi connectivity index (χ1n) is 11.1. The lowest BCUT2D eigenvalue weighted by atomic mass is 10.1. The summed E-state index contributed by atoms with van der Waals surface area (Å²) in [7, 11) is 0. The van der Waals surface area contributed by atoms with E-state index in [9.17, 15) is 0 Å². The van der Waals surface area contributed by atoms with Crippen LogP contribution in [0.5, 0.6) is 0 Å². The maximum atomic E-state index is 4.75. The van der Waals surface area contributed by atoms with Crippen molar-refractivity contribution in [3.8, 4) is 0 Å². The molecule has 166 valence electrons. The molecular weight excluding hydrogens is 434 g/mol. The Morgan fingerprint density at radius 3 is 2.47 bits per heavy atom. The van der Waals surface area contributed by atoms with Gasteiger partial charge in [0.1, 0.15) is 5.82 Å². The van der Waals surface area contributed by atoms with Crippen molar-refractivity contribution in [1.29, 1.82) is 0 Å². The standard InChI is InChI=1S/C25H29N5S2/c1-5-17-7-12-21-22(14-17)32-25(28-21)30-23-15-19(13-16(3)4)27-24(29-23)26-18-8-10-20(11-9-18)31-6-2/h7-12,14-16H,5-6,13H2,1-4H3,(H2,26,27,28,29,30). The smallest absolute Gasteiger partial charge is 0.229 e. The van der Waals surface area contributed by atoms with E-state index in [1.165, 1.54) is 15.2 Å². The summed E-state index contributed by atoms with van der Waals surface area (Å²) in [6.07, 6.45) is 1.91. The Morgan fingerprint density at radius 2 is 1.75 bits per heavy atom. The van der Waals surface area contributed by atoms with Crippen LogP contribution in [-0.4, -0.2) is 20.7 Å². The Kier molecular flexibility index (Phi) is 7.27. The molecule has 7 heteroatoms. The van der Waals surface area contributed by atoms with E-state index in [1.54, 1.807) is 11.3 Å². The molecule has 2 aromatic carbocycles. The molecule has 2 aromatic heterocycles. The Morgan fingerprint density at radius 1 is 0.938 bits per heavy atom. The van der Waals surface area contributed by atoms with Crippen LogP contribution < -0.4 is 10.6 Å². The summed E-state index contributed by atoms with van der Waals surface area (Å²) in [5.41, 5.74) is 4.32. The molecule has 5 nitrogen and oxygen atoms in total. The number of hydrogen-bond acceptors (Lipinski definition) is 7. The molecule has 32 heavy (non-hydrogen) atoms. The summed E-state index contributed by atoms with van der Waals surface area (Å²) in [4.78, 5) is 15.5. The van der Waals surface area contributed by atoms with Gasteiger partial charge in [0.15, 0.2) is 5.13 Å². The monoisotopic (exact) mass is 463 g/mol. The first-order valence-corrected chi connectivity index (χ1v) is 12.9. The SMILES string of the molecule is CCSc1ccc(Nc2nc(CC(C)C)cc(Nc3nc4ccc(CC)cc4s3)n2)cc1. The summed E-state index contributed by atoms with van der Waals surface area (Å²) < 4.78 is 1.19. The van der Waals surface area contributed by atoms with Crippen LogP contribution in [0.2, 0.25) is 0 Å². The van der Waals surface area contributed by atoms with Crippen LogP contribution in [0.25, 0.3) is 10.2 Å². The maximum absolute atomic E-state index is 4.75. The lowest BCUT2D eigenvalue weighted by Crippen LogP contribution is -2.06. The van der Waals surface area contributed by atoms with Gasteiger partial charge in [-0.05, 0) is 66.5 Å². The highest BCUT2D eigenvalue weighted by atomic mass is 32.2. The molecule has 0 unspecified atom stereocenters. The maximum Gasteiger partial charge on any atom is 0.229 e. The largest absolute Gasteiger partial charge is 0.324 e. The number of benzene rings is 2. The minimum atomic E-state index is 0.505. The Balaban J connectivity index is 1.59. The first kappa shape index (κ1) is 22.6. The predicted octanol–water partition coefficient (Wildman–Crippen LogP) is 7.45. The third kappa shape index (κ3) is 5.78. The lowest BCUT2D eigenvalue weighted by molar-refractivity contribution is 0.635. The van der Waals surface area contributed by atoms with Gasteiger partial charge in [-0.1, -0.05) is 45.1 Å². The van der Waals surface area contributed by atoms with Crippen molar-refractivity contribution in [2.75, 3.05) is 16.4 Å². The van der Waals surface area contributed by atoms with Crippen molar-refractivity contribution in [2.45, 2.75) is 45.4 Å². The second-order valence-corrected chi connectivity index (χ2v) is 10.4. The highest BCUT2D eigenvalue weighted by Gasteiger charge is 2.10. The van der Waals surface area contributed by atoms with Crippen LogP contribution in [0.1, 0.15) is 39.0 Å². The molecule has 2 heterocycles. The number of rotatable bonds is 9. The Labute approximate surface area is 198 Å². The van der Waals surface area contributed by atoms with Gasteiger partial charge in [0, 0.05) is 22.3 Å². The number of aromatic nitrogens is 3. The van der Waals surface area contributed by atoms with Gasteiger partial charge in [0.25, 0.3) is 0 Å². The van der Waals surface area contributed by atoms with Crippen LogP contribution in [0.4, 0.5) is 22.6 Å². The quantitative estimate of drug-likeness (QED) is 0.251. The molecule has 0 spiro atoms. The molecule has 2 N–H and O–H groups in total. The molecule has 0 bridgehead atoms. The number of aryl methyl sites for hydroxylation is 1. The molecule has 0 amide bonds. The van der Waals surface area contributed by atoms with Gasteiger partial charge in [-0.2, -0.15) is 4.98 Å². The summed E-state index contributed by atoms with van der Waals surface area (Å²) >= 11 is 3.48. The van der Waals surface area contributed by atoms with Gasteiger partial charge in [-0.25, -0.2) is 9.97 Å². The second kappa shape index (κ2) is 10.3. The zero-order chi connectivity index (χ0) is 22.5. The van der Waals surface area contributed by atoms with Crippen molar-refractivity contribution in [3.05, 3.63) is 59.8 Å². The highest BCUT2D eigenvalue weighted by Crippen LogP contribution is 2.30. The molecule has 0 saturated carbocycles. The fourth-order valence-corrected chi connectivity index (χ4v) is 5.02. The molecule has 4 rings (SSSR count). The Hall–Kier alpha value is -2.64. The number of thiazole rings is 1. The number of hydrogen-bond donors (Lipinski definition) is 2. The van der Waals surface area contributed by atoms with E-state index < -0.39 is 0 Å². The van der Waals surface area contributed by atoms with Gasteiger partial charge in [0.2, 0.25) is 5.95 Å². The molecule has 0 aliphatic rings.